The minimum absolute atomic E-state index is 0.107. The fraction of sp³-hybridized carbons (Fsp3) is 0. The highest BCUT2D eigenvalue weighted by Gasteiger charge is 2.22. The zero-order valence-electron chi connectivity index (χ0n) is 7.28. The Balaban J connectivity index is 3.06. The molecule has 0 aromatic carbocycles. The molecule has 1 rings (SSSR count). The van der Waals surface area contributed by atoms with Crippen molar-refractivity contribution >= 4 is 23.8 Å². The number of rotatable bonds is 1. The van der Waals surface area contributed by atoms with Crippen molar-refractivity contribution in [2.45, 2.75) is 0 Å². The summed E-state index contributed by atoms with van der Waals surface area (Å²) in [6, 6.07) is 0.991. The normalized spacial score (nSPS) is 9.67. The Morgan fingerprint density at radius 2 is 1.93 bits per heavy atom. The second-order valence-electron chi connectivity index (χ2n) is 2.44. The third kappa shape index (κ3) is 2.28. The lowest BCUT2D eigenvalue weighted by atomic mass is 10.3. The molecule has 0 aliphatic rings. The van der Waals surface area contributed by atoms with Gasteiger partial charge in [-0.3, -0.25) is 10.0 Å². The van der Waals surface area contributed by atoms with Gasteiger partial charge in [0, 0.05) is 6.07 Å². The van der Waals surface area contributed by atoms with Gasteiger partial charge < -0.3 is 16.6 Å². The summed E-state index contributed by atoms with van der Waals surface area (Å²) in [6.07, 6.45) is -1.84. The monoisotopic (exact) mass is 213 g/mol. The zero-order chi connectivity index (χ0) is 11.6. The predicted octanol–water partition coefficient (Wildman–Crippen LogP) is -0.850. The first-order chi connectivity index (χ1) is 6.91. The molecule has 9 nitrogen and oxygen atoms in total. The van der Waals surface area contributed by atoms with Crippen LogP contribution in [0.15, 0.2) is 6.07 Å². The van der Waals surface area contributed by atoms with Gasteiger partial charge in [0.05, 0.1) is 0 Å². The standard InChI is InChI=1S/C6H7N5O4/c7-3-1-2(9-5(8)10-3)4(12)11(15)6(13)14/h1,15H,(H,13,14)(H4,7,8,9,10). The molecule has 6 N–H and O–H groups in total. The number of anilines is 2. The van der Waals surface area contributed by atoms with E-state index < -0.39 is 22.8 Å². The summed E-state index contributed by atoms with van der Waals surface area (Å²) in [5.41, 5.74) is 10.0. The number of amides is 2. The highest BCUT2D eigenvalue weighted by Crippen LogP contribution is 2.06. The maximum atomic E-state index is 11.2. The van der Waals surface area contributed by atoms with E-state index in [9.17, 15) is 9.59 Å². The lowest BCUT2D eigenvalue weighted by molar-refractivity contribution is -0.0400. The number of hydroxylamine groups is 2. The van der Waals surface area contributed by atoms with Gasteiger partial charge in [0.1, 0.15) is 11.5 Å². The summed E-state index contributed by atoms with van der Waals surface area (Å²) < 4.78 is 0. The van der Waals surface area contributed by atoms with E-state index in [-0.39, 0.29) is 11.8 Å². The smallest absolute Gasteiger partial charge is 0.439 e. The van der Waals surface area contributed by atoms with E-state index in [1.807, 2.05) is 0 Å². The van der Waals surface area contributed by atoms with E-state index in [2.05, 4.69) is 9.97 Å². The van der Waals surface area contributed by atoms with E-state index in [0.717, 1.165) is 6.07 Å². The van der Waals surface area contributed by atoms with Crippen LogP contribution in [-0.4, -0.2) is 37.3 Å². The molecule has 1 aromatic rings. The van der Waals surface area contributed by atoms with Crippen molar-refractivity contribution in [3.63, 3.8) is 0 Å². The van der Waals surface area contributed by atoms with Crippen LogP contribution in [-0.2, 0) is 0 Å². The lowest BCUT2D eigenvalue weighted by Crippen LogP contribution is -2.33. The number of aromatic nitrogens is 2. The van der Waals surface area contributed by atoms with Gasteiger partial charge >= 0.3 is 12.0 Å². The lowest BCUT2D eigenvalue weighted by Gasteiger charge is -2.08. The first-order valence-corrected chi connectivity index (χ1v) is 3.58. The fourth-order valence-corrected chi connectivity index (χ4v) is 0.790. The van der Waals surface area contributed by atoms with E-state index in [0.29, 0.717) is 0 Å². The molecule has 9 heteroatoms. The van der Waals surface area contributed by atoms with Crippen LogP contribution in [0.2, 0.25) is 0 Å². The van der Waals surface area contributed by atoms with Gasteiger partial charge in [-0.25, -0.2) is 9.78 Å². The molecule has 2 amide bonds. The first-order valence-electron chi connectivity index (χ1n) is 3.58. The average molecular weight is 213 g/mol. The maximum Gasteiger partial charge on any atom is 0.439 e. The number of hydrogen-bond acceptors (Lipinski definition) is 7. The van der Waals surface area contributed by atoms with Gasteiger partial charge in [-0.1, -0.05) is 0 Å². The van der Waals surface area contributed by atoms with E-state index in [1.54, 1.807) is 0 Å². The summed E-state index contributed by atoms with van der Waals surface area (Å²) in [5.74, 6) is -1.66. The van der Waals surface area contributed by atoms with Crippen LogP contribution < -0.4 is 11.5 Å². The molecule has 0 aliphatic carbocycles. The Labute approximate surface area is 82.9 Å². The molecule has 0 saturated carbocycles. The third-order valence-corrected chi connectivity index (χ3v) is 1.36. The molecule has 0 unspecified atom stereocenters. The van der Waals surface area contributed by atoms with Crippen LogP contribution in [0.25, 0.3) is 0 Å². The van der Waals surface area contributed by atoms with E-state index in [1.165, 1.54) is 0 Å². The van der Waals surface area contributed by atoms with Crippen molar-refractivity contribution in [3.8, 4) is 0 Å². The number of nitrogens with two attached hydrogens (primary N) is 2. The van der Waals surface area contributed by atoms with Crippen LogP contribution in [0.4, 0.5) is 16.6 Å². The largest absolute Gasteiger partial charge is 0.463 e. The molecule has 1 aromatic heterocycles. The minimum Gasteiger partial charge on any atom is -0.463 e. The van der Waals surface area contributed by atoms with E-state index >= 15 is 0 Å². The molecule has 0 atom stereocenters. The highest BCUT2D eigenvalue weighted by molar-refractivity contribution is 6.00. The summed E-state index contributed by atoms with van der Waals surface area (Å²) in [4.78, 5) is 28.3. The SMILES string of the molecule is Nc1cc(C(=O)N(O)C(=O)O)nc(N)n1. The molecule has 0 fully saturated rings. The topological polar surface area (TPSA) is 156 Å². The Morgan fingerprint density at radius 3 is 2.40 bits per heavy atom. The molecule has 0 spiro atoms. The molecular weight excluding hydrogens is 206 g/mol. The summed E-state index contributed by atoms with van der Waals surface area (Å²) >= 11 is 0. The van der Waals surface area contributed by atoms with Crippen molar-refractivity contribution in [3.05, 3.63) is 11.8 Å². The number of nitrogen functional groups attached to an aromatic ring is 2. The van der Waals surface area contributed by atoms with Crippen molar-refractivity contribution in [2.75, 3.05) is 11.5 Å². The molecule has 0 bridgehead atoms. The predicted molar refractivity (Wildman–Crippen MR) is 46.8 cm³/mol. The van der Waals surface area contributed by atoms with Gasteiger partial charge in [-0.05, 0) is 0 Å². The van der Waals surface area contributed by atoms with Gasteiger partial charge in [-0.2, -0.15) is 4.98 Å². The van der Waals surface area contributed by atoms with Gasteiger partial charge in [0.25, 0.3) is 0 Å². The number of carboxylic acid groups (broad SMARTS) is 1. The van der Waals surface area contributed by atoms with Crippen LogP contribution >= 0.6 is 0 Å². The number of carbonyl (C=O) groups is 2. The molecule has 0 saturated heterocycles. The fourth-order valence-electron chi connectivity index (χ4n) is 0.790. The second kappa shape index (κ2) is 3.75. The van der Waals surface area contributed by atoms with E-state index in [4.69, 9.17) is 21.8 Å². The first kappa shape index (κ1) is 10.7. The van der Waals surface area contributed by atoms with Gasteiger partial charge in [0.2, 0.25) is 5.95 Å². The van der Waals surface area contributed by atoms with Crippen LogP contribution in [0.1, 0.15) is 10.5 Å². The summed E-state index contributed by atoms with van der Waals surface area (Å²) in [6.45, 7) is 0. The number of imide groups is 1. The Morgan fingerprint density at radius 1 is 1.33 bits per heavy atom. The Kier molecular flexibility index (Phi) is 2.67. The van der Waals surface area contributed by atoms with Crippen LogP contribution in [0.5, 0.6) is 0 Å². The molecule has 15 heavy (non-hydrogen) atoms. The van der Waals surface area contributed by atoms with Gasteiger partial charge in [0.15, 0.2) is 0 Å². The zero-order valence-corrected chi connectivity index (χ0v) is 7.28. The van der Waals surface area contributed by atoms with Crippen molar-refractivity contribution in [1.82, 2.24) is 15.0 Å². The third-order valence-electron chi connectivity index (χ3n) is 1.36. The minimum atomic E-state index is -1.84. The van der Waals surface area contributed by atoms with Gasteiger partial charge in [-0.15, -0.1) is 5.06 Å². The summed E-state index contributed by atoms with van der Waals surface area (Å²) in [5, 5.41) is 16.5. The molecular formula is C6H7N5O4. The Bertz CT molecular complexity index is 400. The average Bonchev–Trinajstić information content (AvgIpc) is 2.13. The van der Waals surface area contributed by atoms with Crippen molar-refractivity contribution < 1.29 is 19.9 Å². The highest BCUT2D eigenvalue weighted by atomic mass is 16.6. The van der Waals surface area contributed by atoms with Crippen LogP contribution in [0, 0.1) is 0 Å². The quantitative estimate of drug-likeness (QED) is 0.347. The maximum absolute atomic E-state index is 11.2. The van der Waals surface area contributed by atoms with Crippen molar-refractivity contribution in [1.29, 1.82) is 0 Å². The Hall–Kier alpha value is -2.42. The molecule has 0 aliphatic heterocycles. The van der Waals surface area contributed by atoms with Crippen molar-refractivity contribution in [2.24, 2.45) is 0 Å². The number of carbonyl (C=O) groups excluding carboxylic acids is 1. The van der Waals surface area contributed by atoms with Crippen LogP contribution in [0.3, 0.4) is 0 Å². The molecule has 1 heterocycles. The molecule has 0 radical (unpaired) electrons. The summed E-state index contributed by atoms with van der Waals surface area (Å²) in [7, 11) is 0. The second-order valence-corrected chi connectivity index (χ2v) is 2.44. The number of nitrogens with zero attached hydrogens (tertiary/aromatic N) is 3. The molecule has 80 valence electrons. The number of hydrogen-bond donors (Lipinski definition) is 4.